The SMILES string of the molecule is CCOC(c1ccccc1)c1noc(-c2ccc3c(c2)CCCC3N)n1. The van der Waals surface area contributed by atoms with Crippen molar-refractivity contribution < 1.29 is 9.26 Å². The van der Waals surface area contributed by atoms with Crippen LogP contribution in [0.25, 0.3) is 11.5 Å². The highest BCUT2D eigenvalue weighted by molar-refractivity contribution is 5.56. The third-order valence-corrected chi connectivity index (χ3v) is 4.86. The Balaban J connectivity index is 1.65. The van der Waals surface area contributed by atoms with Gasteiger partial charge in [0.15, 0.2) is 0 Å². The minimum absolute atomic E-state index is 0.131. The number of aryl methyl sites for hydroxylation is 1. The van der Waals surface area contributed by atoms with Gasteiger partial charge in [-0.05, 0) is 55.0 Å². The van der Waals surface area contributed by atoms with Gasteiger partial charge in [-0.15, -0.1) is 0 Å². The molecule has 0 saturated heterocycles. The quantitative estimate of drug-likeness (QED) is 0.747. The van der Waals surface area contributed by atoms with Gasteiger partial charge in [0.2, 0.25) is 5.82 Å². The fourth-order valence-electron chi connectivity index (χ4n) is 3.56. The first-order chi connectivity index (χ1) is 12.8. The van der Waals surface area contributed by atoms with Crippen molar-refractivity contribution in [2.75, 3.05) is 6.61 Å². The lowest BCUT2D eigenvalue weighted by Gasteiger charge is -2.22. The number of hydrogen-bond donors (Lipinski definition) is 1. The lowest BCUT2D eigenvalue weighted by molar-refractivity contribution is 0.0833. The van der Waals surface area contributed by atoms with Crippen LogP contribution in [-0.4, -0.2) is 16.7 Å². The number of nitrogens with zero attached hydrogens (tertiary/aromatic N) is 2. The molecular formula is C21H23N3O2. The zero-order valence-electron chi connectivity index (χ0n) is 14.9. The number of rotatable bonds is 5. The normalized spacial score (nSPS) is 17.7. The second kappa shape index (κ2) is 7.40. The van der Waals surface area contributed by atoms with Crippen LogP contribution in [0.3, 0.4) is 0 Å². The van der Waals surface area contributed by atoms with E-state index in [2.05, 4.69) is 22.3 Å². The number of aromatic nitrogens is 2. The third kappa shape index (κ3) is 3.28. The molecule has 2 N–H and O–H groups in total. The summed E-state index contributed by atoms with van der Waals surface area (Å²) >= 11 is 0. The van der Waals surface area contributed by atoms with Crippen molar-refractivity contribution in [3.63, 3.8) is 0 Å². The first-order valence-corrected chi connectivity index (χ1v) is 9.15. The summed E-state index contributed by atoms with van der Waals surface area (Å²) in [6.07, 6.45) is 2.88. The van der Waals surface area contributed by atoms with Gasteiger partial charge in [0.05, 0.1) is 0 Å². The van der Waals surface area contributed by atoms with E-state index in [0.29, 0.717) is 18.3 Å². The van der Waals surface area contributed by atoms with Gasteiger partial charge < -0.3 is 15.0 Å². The topological polar surface area (TPSA) is 74.2 Å². The summed E-state index contributed by atoms with van der Waals surface area (Å²) in [7, 11) is 0. The van der Waals surface area contributed by atoms with E-state index in [1.807, 2.05) is 43.3 Å². The molecule has 5 nitrogen and oxygen atoms in total. The Morgan fingerprint density at radius 1 is 1.23 bits per heavy atom. The average Bonchev–Trinajstić information content (AvgIpc) is 3.16. The molecule has 2 unspecified atom stereocenters. The smallest absolute Gasteiger partial charge is 0.258 e. The minimum atomic E-state index is -0.329. The molecule has 2 atom stereocenters. The predicted molar refractivity (Wildman–Crippen MR) is 99.5 cm³/mol. The second-order valence-electron chi connectivity index (χ2n) is 6.62. The van der Waals surface area contributed by atoms with Crippen LogP contribution in [0.15, 0.2) is 53.1 Å². The van der Waals surface area contributed by atoms with E-state index in [-0.39, 0.29) is 12.1 Å². The highest BCUT2D eigenvalue weighted by Crippen LogP contribution is 2.32. The van der Waals surface area contributed by atoms with Crippen molar-refractivity contribution in [1.29, 1.82) is 0 Å². The maximum atomic E-state index is 6.21. The lowest BCUT2D eigenvalue weighted by Crippen LogP contribution is -2.17. The van der Waals surface area contributed by atoms with Crippen LogP contribution < -0.4 is 5.73 Å². The molecule has 1 aliphatic carbocycles. The highest BCUT2D eigenvalue weighted by Gasteiger charge is 2.22. The molecule has 0 spiro atoms. The molecule has 4 rings (SSSR count). The van der Waals surface area contributed by atoms with Gasteiger partial charge in [-0.25, -0.2) is 0 Å². The summed E-state index contributed by atoms with van der Waals surface area (Å²) in [4.78, 5) is 4.61. The van der Waals surface area contributed by atoms with E-state index in [9.17, 15) is 0 Å². The fraction of sp³-hybridized carbons (Fsp3) is 0.333. The molecule has 0 bridgehead atoms. The number of hydrogen-bond acceptors (Lipinski definition) is 5. The van der Waals surface area contributed by atoms with Crippen molar-refractivity contribution in [2.45, 2.75) is 38.3 Å². The molecule has 0 saturated carbocycles. The first-order valence-electron chi connectivity index (χ1n) is 9.15. The highest BCUT2D eigenvalue weighted by atomic mass is 16.5. The van der Waals surface area contributed by atoms with Crippen LogP contribution in [0.5, 0.6) is 0 Å². The zero-order valence-corrected chi connectivity index (χ0v) is 14.9. The van der Waals surface area contributed by atoms with E-state index in [1.54, 1.807) is 0 Å². The van der Waals surface area contributed by atoms with E-state index in [4.69, 9.17) is 15.0 Å². The standard InChI is InChI=1S/C21H23N3O2/c1-2-25-19(14-7-4-3-5-8-14)20-23-21(26-24-20)16-11-12-17-15(13-16)9-6-10-18(17)22/h3-5,7-8,11-13,18-19H,2,6,9-10,22H2,1H3. The molecular weight excluding hydrogens is 326 g/mol. The Morgan fingerprint density at radius 3 is 2.88 bits per heavy atom. The van der Waals surface area contributed by atoms with Crippen LogP contribution in [0.1, 0.15) is 54.4 Å². The fourth-order valence-corrected chi connectivity index (χ4v) is 3.56. The van der Waals surface area contributed by atoms with Crippen LogP contribution in [0, 0.1) is 0 Å². The van der Waals surface area contributed by atoms with Gasteiger partial charge in [-0.2, -0.15) is 4.98 Å². The van der Waals surface area contributed by atoms with Crippen molar-refractivity contribution in [2.24, 2.45) is 5.73 Å². The van der Waals surface area contributed by atoms with E-state index in [0.717, 1.165) is 30.4 Å². The van der Waals surface area contributed by atoms with Gasteiger partial charge in [0.1, 0.15) is 6.10 Å². The number of ether oxygens (including phenoxy) is 1. The Hall–Kier alpha value is -2.50. The Morgan fingerprint density at radius 2 is 2.08 bits per heavy atom. The van der Waals surface area contributed by atoms with Crippen molar-refractivity contribution >= 4 is 0 Å². The molecule has 0 aliphatic heterocycles. The van der Waals surface area contributed by atoms with Crippen LogP contribution in [0.2, 0.25) is 0 Å². The summed E-state index contributed by atoms with van der Waals surface area (Å²) in [6, 6.07) is 16.3. The summed E-state index contributed by atoms with van der Waals surface area (Å²) in [5.74, 6) is 1.06. The molecule has 3 aromatic rings. The molecule has 0 amide bonds. The van der Waals surface area contributed by atoms with Crippen LogP contribution in [0.4, 0.5) is 0 Å². The summed E-state index contributed by atoms with van der Waals surface area (Å²) in [6.45, 7) is 2.53. The number of nitrogens with two attached hydrogens (primary N) is 1. The molecule has 26 heavy (non-hydrogen) atoms. The van der Waals surface area contributed by atoms with Crippen molar-refractivity contribution in [3.05, 3.63) is 71.0 Å². The summed E-state index contributed by atoms with van der Waals surface area (Å²) in [5.41, 5.74) is 10.7. The second-order valence-corrected chi connectivity index (χ2v) is 6.62. The van der Waals surface area contributed by atoms with E-state index in [1.165, 1.54) is 11.1 Å². The minimum Gasteiger partial charge on any atom is -0.366 e. The molecule has 2 aromatic carbocycles. The van der Waals surface area contributed by atoms with E-state index < -0.39 is 0 Å². The third-order valence-electron chi connectivity index (χ3n) is 4.86. The summed E-state index contributed by atoms with van der Waals surface area (Å²) < 4.78 is 11.4. The first kappa shape index (κ1) is 16.9. The zero-order chi connectivity index (χ0) is 17.9. The maximum absolute atomic E-state index is 6.21. The van der Waals surface area contributed by atoms with Gasteiger partial charge in [-0.1, -0.05) is 41.6 Å². The van der Waals surface area contributed by atoms with Crippen molar-refractivity contribution in [1.82, 2.24) is 10.1 Å². The van der Waals surface area contributed by atoms with Gasteiger partial charge >= 0.3 is 0 Å². The van der Waals surface area contributed by atoms with E-state index >= 15 is 0 Å². The largest absolute Gasteiger partial charge is 0.366 e. The average molecular weight is 349 g/mol. The molecule has 134 valence electrons. The predicted octanol–water partition coefficient (Wildman–Crippen LogP) is 4.20. The molecule has 0 radical (unpaired) electrons. The Labute approximate surface area is 153 Å². The van der Waals surface area contributed by atoms with Crippen LogP contribution >= 0.6 is 0 Å². The molecule has 0 fully saturated rings. The number of fused-ring (bicyclic) bond motifs is 1. The van der Waals surface area contributed by atoms with Gasteiger partial charge in [-0.3, -0.25) is 0 Å². The van der Waals surface area contributed by atoms with Crippen molar-refractivity contribution in [3.8, 4) is 11.5 Å². The van der Waals surface area contributed by atoms with Gasteiger partial charge in [0.25, 0.3) is 5.89 Å². The monoisotopic (exact) mass is 349 g/mol. The van der Waals surface area contributed by atoms with Crippen LogP contribution in [-0.2, 0) is 11.2 Å². The Bertz CT molecular complexity index is 876. The van der Waals surface area contributed by atoms with Gasteiger partial charge in [0, 0.05) is 18.2 Å². The molecule has 5 heteroatoms. The molecule has 1 aliphatic rings. The number of benzene rings is 2. The molecule has 1 heterocycles. The lowest BCUT2D eigenvalue weighted by atomic mass is 9.87. The summed E-state index contributed by atoms with van der Waals surface area (Å²) in [5, 5.41) is 4.18. The molecule has 1 aromatic heterocycles. The maximum Gasteiger partial charge on any atom is 0.258 e. The Kier molecular flexibility index (Phi) is 4.82.